The first-order chi connectivity index (χ1) is 61.0. The maximum atomic E-state index is 13.5. The van der Waals surface area contributed by atoms with E-state index in [1.54, 1.807) is 0 Å². The van der Waals surface area contributed by atoms with E-state index in [1.807, 2.05) is 13.8 Å². The molecule has 0 radical (unpaired) electrons. The quantitative estimate of drug-likeness (QED) is 0.0322. The number of aliphatic hydroxyl groups is 2. The van der Waals surface area contributed by atoms with Gasteiger partial charge in [-0.25, -0.2) is 0 Å². The van der Waals surface area contributed by atoms with Crippen LogP contribution in [-0.2, 0) is 115 Å². The molecule has 0 amide bonds. The number of ether oxygens (including phenoxy) is 4. The van der Waals surface area contributed by atoms with Gasteiger partial charge in [-0.3, -0.25) is 36.6 Å². The van der Waals surface area contributed by atoms with Gasteiger partial charge in [0.1, 0.15) is 5.60 Å². The standard InChI is InChI=1S/C111H182O12P2/c1-13-21-29-37-45-53-61-69-91-77-81-99(95(85-91)73-65-57-49-41-33-25-17-5)105(100-82-78-92(70-62-54-46-38-30-22-14-2)86-96(100)74-66-58-50-42-34-26-18-6)108-107(118-124-120-110(108,121-124)116-109(104(11,12)90-113)117-111(108)122-125(119-109)123-111,102-84-80-94(72-64-56-48-40-32-24-16-4)88-98(102)76-68-60-52-44-36-28-20-8)115-106(114-105,103(9,10)89-112)101-83-79-93(71-63-55-47-39-31-23-15-3)87-97(101)75-67-59-51-43-35-27-19-7/h77-88,112-113H,13-76,89-90H2,1-12H3. The van der Waals surface area contributed by atoms with Crippen molar-refractivity contribution < 1.29 is 56.3 Å². The summed E-state index contributed by atoms with van der Waals surface area (Å²) in [4.78, 5) is 0. The van der Waals surface area contributed by atoms with Crippen molar-refractivity contribution in [2.45, 2.75) is 529 Å². The lowest BCUT2D eigenvalue weighted by molar-refractivity contribution is -0.736. The van der Waals surface area contributed by atoms with Crippen LogP contribution in [0.1, 0.15) is 509 Å². The molecule has 0 saturated carbocycles. The fourth-order valence-corrected chi connectivity index (χ4v) is 24.1. The van der Waals surface area contributed by atoms with Gasteiger partial charge in [-0.05, 0) is 172 Å². The zero-order valence-corrected chi connectivity index (χ0v) is 83.8. The summed E-state index contributed by atoms with van der Waals surface area (Å²) < 4.78 is 82.7. The van der Waals surface area contributed by atoms with Crippen molar-refractivity contribution >= 4 is 17.2 Å². The predicted molar refractivity (Wildman–Crippen MR) is 521 cm³/mol. The van der Waals surface area contributed by atoms with Gasteiger partial charge >= 0.3 is 35.1 Å². The van der Waals surface area contributed by atoms with Gasteiger partial charge in [-0.2, -0.15) is 0 Å². The Labute approximate surface area is 767 Å². The molecule has 2 N–H and O–H groups in total. The van der Waals surface area contributed by atoms with Crippen LogP contribution in [0, 0.1) is 16.2 Å². The topological polar surface area (TPSA) is 133 Å². The molecule has 4 unspecified atom stereocenters. The zero-order valence-electron chi connectivity index (χ0n) is 82.0. The second kappa shape index (κ2) is 53.4. The van der Waals surface area contributed by atoms with E-state index < -0.39 is 75.2 Å². The first kappa shape index (κ1) is 104. The highest BCUT2D eigenvalue weighted by Gasteiger charge is 3.05. The Kier molecular flexibility index (Phi) is 44.6. The number of hydrogen-bond acceptors (Lipinski definition) is 12. The monoisotopic (exact) mass is 1770 g/mol. The van der Waals surface area contributed by atoms with Gasteiger partial charge in [0.15, 0.2) is 0 Å². The molecule has 8 aliphatic heterocycles. The molecule has 4 aromatic carbocycles. The van der Waals surface area contributed by atoms with Crippen molar-refractivity contribution in [2.24, 2.45) is 16.2 Å². The average molecular weight is 1770 g/mol. The minimum absolute atomic E-state index is 0.333. The molecule has 12 nitrogen and oxygen atoms in total. The highest BCUT2D eigenvalue weighted by Crippen LogP contribution is 2.94. The average Bonchev–Trinajstić information content (AvgIpc) is 0.599. The summed E-state index contributed by atoms with van der Waals surface area (Å²) in [5, 5.41) is 25.6. The Morgan fingerprint density at radius 3 is 0.776 bits per heavy atom. The number of unbranched alkanes of at least 4 members (excludes halogenated alkanes) is 48. The van der Waals surface area contributed by atoms with E-state index in [9.17, 15) is 19.7 Å². The Bertz CT molecular complexity index is 3580. The molecule has 14 heteroatoms. The molecule has 125 heavy (non-hydrogen) atoms. The van der Waals surface area contributed by atoms with E-state index in [0.717, 1.165) is 199 Å². The van der Waals surface area contributed by atoms with Gasteiger partial charge in [0.25, 0.3) is 0 Å². The molecular weight excluding hydrogens is 1590 g/mol. The SMILES string of the molecule is CCCCCCCCCc1ccc(C2(C(C)(C)CO)OC3(c4ccc(CCCCCCCCC)cc4CCCCCCCCC)OP4OC5(O4)OC4(C(C)(C)CO)OP6OC(O6)(O4)C53C(c3ccc(CCCCCCCCC)cc3CCCCCCCCC)(c3ccc(CCCCCCCCC)cc3CCCCCCCCC)O2)c(CCCCCCCCC)c1. The van der Waals surface area contributed by atoms with Gasteiger partial charge in [-0.15, -0.1) is 0 Å². The second-order valence-electron chi connectivity index (χ2n) is 40.8. The number of aliphatic hydroxyl groups excluding tert-OH is 2. The molecule has 8 aliphatic rings. The lowest BCUT2D eigenvalue weighted by Gasteiger charge is -2.82. The molecule has 5 bridgehead atoms. The van der Waals surface area contributed by atoms with Gasteiger partial charge in [0.2, 0.25) is 17.0 Å². The van der Waals surface area contributed by atoms with E-state index in [2.05, 4.69) is 142 Å². The predicted octanol–water partition coefficient (Wildman–Crippen LogP) is 33.7. The summed E-state index contributed by atoms with van der Waals surface area (Å²) in [6.45, 7) is 26.0. The van der Waals surface area contributed by atoms with Crippen LogP contribution in [0.5, 0.6) is 0 Å². The Morgan fingerprint density at radius 1 is 0.248 bits per heavy atom. The Hall–Kier alpha value is -2.74. The number of rotatable bonds is 72. The van der Waals surface area contributed by atoms with Crippen LogP contribution in [0.25, 0.3) is 0 Å². The van der Waals surface area contributed by atoms with E-state index in [0.29, 0.717) is 6.42 Å². The molecule has 8 saturated heterocycles. The molecule has 12 rings (SSSR count). The van der Waals surface area contributed by atoms with Crippen LogP contribution in [0.4, 0.5) is 0 Å². The third kappa shape index (κ3) is 25.7. The largest absolute Gasteiger partial charge is 0.396 e. The summed E-state index contributed by atoms with van der Waals surface area (Å²) in [6.07, 6.45) is 72.9. The molecule has 0 aliphatic carbocycles. The Balaban J connectivity index is 1.39. The van der Waals surface area contributed by atoms with Crippen LogP contribution >= 0.6 is 17.2 Å². The fourth-order valence-electron chi connectivity index (χ4n) is 21.4. The Morgan fingerprint density at radius 2 is 0.488 bits per heavy atom. The van der Waals surface area contributed by atoms with Crippen molar-refractivity contribution in [2.75, 3.05) is 13.2 Å². The molecule has 8 fully saturated rings. The number of aryl methyl sites for hydroxylation is 8. The molecule has 8 heterocycles. The summed E-state index contributed by atoms with van der Waals surface area (Å²) >= 11 is 0. The highest BCUT2D eigenvalue weighted by atomic mass is 31.2. The van der Waals surface area contributed by atoms with Gasteiger partial charge in [0.05, 0.1) is 18.6 Å². The lowest BCUT2D eigenvalue weighted by atomic mass is 9.51. The third-order valence-electron chi connectivity index (χ3n) is 29.4. The van der Waals surface area contributed by atoms with Crippen molar-refractivity contribution in [1.29, 1.82) is 0 Å². The normalized spacial score (nSPS) is 23.6. The van der Waals surface area contributed by atoms with Crippen molar-refractivity contribution in [3.63, 3.8) is 0 Å². The van der Waals surface area contributed by atoms with Crippen LogP contribution in [0.15, 0.2) is 72.8 Å². The summed E-state index contributed by atoms with van der Waals surface area (Å²) in [6, 6.07) is 29.4. The van der Waals surface area contributed by atoms with Crippen LogP contribution in [0.3, 0.4) is 0 Å². The van der Waals surface area contributed by atoms with Crippen molar-refractivity contribution in [3.05, 3.63) is 140 Å². The maximum absolute atomic E-state index is 13.5. The van der Waals surface area contributed by atoms with Gasteiger partial charge in [-0.1, -0.05) is 450 Å². The lowest BCUT2D eigenvalue weighted by Crippen LogP contribution is -2.95. The van der Waals surface area contributed by atoms with Crippen LogP contribution in [-0.4, -0.2) is 41.3 Å². The third-order valence-corrected chi connectivity index (χ3v) is 31.7. The van der Waals surface area contributed by atoms with E-state index in [1.165, 1.54) is 273 Å². The molecule has 4 atom stereocenters. The van der Waals surface area contributed by atoms with Crippen molar-refractivity contribution in [3.8, 4) is 0 Å². The minimum Gasteiger partial charge on any atom is -0.396 e. The highest BCUT2D eigenvalue weighted by molar-refractivity contribution is 7.43. The minimum atomic E-state index is -2.38. The van der Waals surface area contributed by atoms with E-state index >= 15 is 0 Å². The summed E-state index contributed by atoms with van der Waals surface area (Å²) in [7, 11) is -4.68. The molecule has 3 spiro atoms. The van der Waals surface area contributed by atoms with Crippen molar-refractivity contribution in [1.82, 2.24) is 0 Å². The summed E-state index contributed by atoms with van der Waals surface area (Å²) in [5.41, 5.74) is 6.35. The van der Waals surface area contributed by atoms with E-state index in [4.69, 9.17) is 36.6 Å². The maximum Gasteiger partial charge on any atom is 0.346 e. The van der Waals surface area contributed by atoms with Gasteiger partial charge < -0.3 is 19.7 Å². The number of benzene rings is 4. The smallest absolute Gasteiger partial charge is 0.346 e. The van der Waals surface area contributed by atoms with Crippen LogP contribution < -0.4 is 0 Å². The molecule has 708 valence electrons. The van der Waals surface area contributed by atoms with Gasteiger partial charge in [0, 0.05) is 16.5 Å². The fraction of sp³-hybridized carbons (Fsp3) is 0.784. The first-order valence-corrected chi connectivity index (χ1v) is 55.4. The first-order valence-electron chi connectivity index (χ1n) is 53.2. The number of hydrogen-bond donors (Lipinski definition) is 2. The van der Waals surface area contributed by atoms with Crippen LogP contribution in [0.2, 0.25) is 0 Å². The molecule has 0 aromatic heterocycles. The summed E-state index contributed by atoms with van der Waals surface area (Å²) in [5.74, 6) is -10.8. The van der Waals surface area contributed by atoms with E-state index in [-0.39, 0.29) is 6.61 Å². The second-order valence-corrected chi connectivity index (χ2v) is 42.7. The molecular formula is C111H182O12P2. The zero-order chi connectivity index (χ0) is 88.8. The molecule has 4 aromatic rings.